The van der Waals surface area contributed by atoms with Crippen molar-refractivity contribution >= 4 is 11.7 Å². The van der Waals surface area contributed by atoms with Gasteiger partial charge in [-0.05, 0) is 20.8 Å². The third-order valence-corrected chi connectivity index (χ3v) is 1.81. The van der Waals surface area contributed by atoms with E-state index < -0.39 is 16.5 Å². The fraction of sp³-hybridized carbons (Fsp3) is 0.600. The van der Waals surface area contributed by atoms with Crippen LogP contribution in [0.3, 0.4) is 0 Å². The molecule has 100 valence electrons. The van der Waals surface area contributed by atoms with Gasteiger partial charge in [-0.25, -0.2) is 0 Å². The smallest absolute Gasteiger partial charge is 0.350 e. The highest BCUT2D eigenvalue weighted by atomic mass is 16.6. The van der Waals surface area contributed by atoms with Crippen LogP contribution in [-0.4, -0.2) is 33.4 Å². The second-order valence-electron chi connectivity index (χ2n) is 4.56. The summed E-state index contributed by atoms with van der Waals surface area (Å²) in [4.78, 5) is 21.6. The number of nitrogens with zero attached hydrogens (tertiary/aromatic N) is 3. The molecule has 0 aliphatic rings. The highest BCUT2D eigenvalue weighted by Gasteiger charge is 2.22. The van der Waals surface area contributed by atoms with Gasteiger partial charge < -0.3 is 9.47 Å². The van der Waals surface area contributed by atoms with Crippen LogP contribution in [-0.2, 0) is 16.1 Å². The first-order chi connectivity index (χ1) is 8.23. The molecule has 0 spiro atoms. The van der Waals surface area contributed by atoms with Crippen molar-refractivity contribution in [3.8, 4) is 5.88 Å². The van der Waals surface area contributed by atoms with Crippen LogP contribution < -0.4 is 4.74 Å². The molecule has 0 saturated carbocycles. The number of aromatic nitrogens is 2. The summed E-state index contributed by atoms with van der Waals surface area (Å²) in [6.45, 7) is 4.99. The first kappa shape index (κ1) is 13.9. The van der Waals surface area contributed by atoms with Gasteiger partial charge in [0.05, 0.1) is 12.0 Å². The van der Waals surface area contributed by atoms with Crippen LogP contribution in [0.2, 0.25) is 0 Å². The van der Waals surface area contributed by atoms with E-state index in [-0.39, 0.29) is 18.1 Å². The number of rotatable bonds is 4. The van der Waals surface area contributed by atoms with Crippen molar-refractivity contribution in [3.05, 3.63) is 16.3 Å². The molecule has 8 heteroatoms. The topological polar surface area (TPSA) is 96.5 Å². The van der Waals surface area contributed by atoms with E-state index in [1.165, 1.54) is 7.11 Å². The molecule has 1 rings (SSSR count). The zero-order valence-corrected chi connectivity index (χ0v) is 10.7. The molecule has 0 aliphatic heterocycles. The van der Waals surface area contributed by atoms with E-state index in [0.29, 0.717) is 0 Å². The molecule has 0 unspecified atom stereocenters. The lowest BCUT2D eigenvalue weighted by molar-refractivity contribution is -0.385. The lowest BCUT2D eigenvalue weighted by Crippen LogP contribution is -2.26. The zero-order valence-electron chi connectivity index (χ0n) is 10.7. The van der Waals surface area contributed by atoms with Crippen LogP contribution in [0, 0.1) is 10.1 Å². The summed E-state index contributed by atoms with van der Waals surface area (Å²) in [6, 6.07) is 0. The fourth-order valence-corrected chi connectivity index (χ4v) is 1.25. The fourth-order valence-electron chi connectivity index (χ4n) is 1.25. The molecule has 1 aromatic rings. The minimum atomic E-state index is -0.628. The lowest BCUT2D eigenvalue weighted by atomic mass is 10.2. The van der Waals surface area contributed by atoms with Crippen molar-refractivity contribution in [1.82, 2.24) is 9.78 Å². The van der Waals surface area contributed by atoms with E-state index in [2.05, 4.69) is 5.10 Å². The number of methoxy groups -OCH3 is 1. The SMILES string of the molecule is COc1nn(CC(=O)OC(C)(C)C)cc1[N+](=O)[O-]. The largest absolute Gasteiger partial charge is 0.475 e. The normalized spacial score (nSPS) is 11.1. The van der Waals surface area contributed by atoms with E-state index in [0.717, 1.165) is 10.9 Å². The number of hydrogen-bond donors (Lipinski definition) is 0. The molecule has 0 N–H and O–H groups in total. The maximum atomic E-state index is 11.5. The average molecular weight is 257 g/mol. The number of carbonyl (C=O) groups excluding carboxylic acids is 1. The summed E-state index contributed by atoms with van der Waals surface area (Å²) in [7, 11) is 1.27. The minimum absolute atomic E-state index is 0.136. The molecule has 1 aromatic heterocycles. The monoisotopic (exact) mass is 257 g/mol. The van der Waals surface area contributed by atoms with E-state index in [4.69, 9.17) is 9.47 Å². The maximum absolute atomic E-state index is 11.5. The van der Waals surface area contributed by atoms with E-state index >= 15 is 0 Å². The number of carbonyl (C=O) groups is 1. The molecule has 0 saturated heterocycles. The van der Waals surface area contributed by atoms with Gasteiger partial charge in [0.1, 0.15) is 18.3 Å². The van der Waals surface area contributed by atoms with Crippen molar-refractivity contribution in [3.63, 3.8) is 0 Å². The molecule has 0 bridgehead atoms. The second-order valence-corrected chi connectivity index (χ2v) is 4.56. The van der Waals surface area contributed by atoms with Gasteiger partial charge in [0, 0.05) is 0 Å². The molecule has 0 aromatic carbocycles. The molecule has 0 radical (unpaired) electrons. The molecular formula is C10H15N3O5. The van der Waals surface area contributed by atoms with Gasteiger partial charge in [-0.15, -0.1) is 5.10 Å². The number of hydrogen-bond acceptors (Lipinski definition) is 6. The Bertz CT molecular complexity index is 461. The standard InChI is InChI=1S/C10H15N3O5/c1-10(2,3)18-8(14)6-12-5-7(13(15)16)9(11-12)17-4/h5H,6H2,1-4H3. The van der Waals surface area contributed by atoms with E-state index in [1.54, 1.807) is 20.8 Å². The summed E-state index contributed by atoms with van der Waals surface area (Å²) in [6.07, 6.45) is 1.13. The highest BCUT2D eigenvalue weighted by molar-refractivity contribution is 5.69. The Morgan fingerprint density at radius 3 is 2.56 bits per heavy atom. The first-order valence-corrected chi connectivity index (χ1v) is 5.20. The third kappa shape index (κ3) is 3.72. The number of ether oxygens (including phenoxy) is 2. The Hall–Kier alpha value is -2.12. The van der Waals surface area contributed by atoms with E-state index in [1.807, 2.05) is 0 Å². The molecule has 1 heterocycles. The van der Waals surface area contributed by atoms with Crippen LogP contribution in [0.4, 0.5) is 5.69 Å². The Labute approximate surface area is 104 Å². The molecule has 0 aliphatic carbocycles. The summed E-state index contributed by atoms with van der Waals surface area (Å²) in [5, 5.41) is 14.4. The molecule has 8 nitrogen and oxygen atoms in total. The Kier molecular flexibility index (Phi) is 3.89. The summed E-state index contributed by atoms with van der Waals surface area (Å²) in [5.74, 6) is -0.661. The predicted octanol–water partition coefficient (Wildman–Crippen LogP) is 1.14. The number of esters is 1. The summed E-state index contributed by atoms with van der Waals surface area (Å²) < 4.78 is 10.9. The van der Waals surface area contributed by atoms with E-state index in [9.17, 15) is 14.9 Å². The van der Waals surface area contributed by atoms with Crippen LogP contribution in [0.15, 0.2) is 6.20 Å². The second kappa shape index (κ2) is 5.03. The predicted molar refractivity (Wildman–Crippen MR) is 61.3 cm³/mol. The summed E-state index contributed by atoms with van der Waals surface area (Å²) in [5.41, 5.74) is -0.902. The zero-order chi connectivity index (χ0) is 13.9. The van der Waals surface area contributed by atoms with Gasteiger partial charge in [0.15, 0.2) is 0 Å². The van der Waals surface area contributed by atoms with Gasteiger partial charge in [0.25, 0.3) is 0 Å². The Morgan fingerprint density at radius 2 is 2.17 bits per heavy atom. The van der Waals surface area contributed by atoms with Crippen molar-refractivity contribution in [2.75, 3.05) is 7.11 Å². The van der Waals surface area contributed by atoms with Crippen molar-refractivity contribution in [2.45, 2.75) is 32.9 Å². The Morgan fingerprint density at radius 1 is 1.56 bits per heavy atom. The first-order valence-electron chi connectivity index (χ1n) is 5.20. The number of nitro groups is 1. The van der Waals surface area contributed by atoms with Gasteiger partial charge in [-0.3, -0.25) is 19.6 Å². The van der Waals surface area contributed by atoms with Crippen LogP contribution in [0.5, 0.6) is 5.88 Å². The van der Waals surface area contributed by atoms with Gasteiger partial charge in [-0.1, -0.05) is 0 Å². The van der Waals surface area contributed by atoms with Crippen molar-refractivity contribution in [2.24, 2.45) is 0 Å². The maximum Gasteiger partial charge on any atom is 0.350 e. The Balaban J connectivity index is 2.80. The van der Waals surface area contributed by atoms with Gasteiger partial charge >= 0.3 is 17.5 Å². The quantitative estimate of drug-likeness (QED) is 0.456. The molecule has 18 heavy (non-hydrogen) atoms. The lowest BCUT2D eigenvalue weighted by Gasteiger charge is -2.19. The van der Waals surface area contributed by atoms with Crippen molar-refractivity contribution < 1.29 is 19.2 Å². The third-order valence-electron chi connectivity index (χ3n) is 1.81. The van der Waals surface area contributed by atoms with Gasteiger partial charge in [-0.2, -0.15) is 0 Å². The molecule has 0 amide bonds. The van der Waals surface area contributed by atoms with Crippen LogP contribution in [0.1, 0.15) is 20.8 Å². The van der Waals surface area contributed by atoms with Crippen LogP contribution >= 0.6 is 0 Å². The molecule has 0 atom stereocenters. The minimum Gasteiger partial charge on any atom is -0.475 e. The van der Waals surface area contributed by atoms with Gasteiger partial charge in [0.2, 0.25) is 0 Å². The van der Waals surface area contributed by atoms with Crippen LogP contribution in [0.25, 0.3) is 0 Å². The van der Waals surface area contributed by atoms with Crippen molar-refractivity contribution in [1.29, 1.82) is 0 Å². The molecule has 0 fully saturated rings. The average Bonchev–Trinajstić information content (AvgIpc) is 2.57. The summed E-state index contributed by atoms with van der Waals surface area (Å²) >= 11 is 0. The highest BCUT2D eigenvalue weighted by Crippen LogP contribution is 2.23. The molecular weight excluding hydrogens is 242 g/mol.